The Bertz CT molecular complexity index is 751. The number of halogens is 1. The quantitative estimate of drug-likeness (QED) is 0.465. The molecular formula is C21H32IN3O4. The van der Waals surface area contributed by atoms with Crippen molar-refractivity contribution in [2.45, 2.75) is 72.6 Å². The lowest BCUT2D eigenvalue weighted by Gasteiger charge is -2.35. The number of carbonyl (C=O) groups excluding carboxylic acids is 3. The summed E-state index contributed by atoms with van der Waals surface area (Å²) >= 11 is 2.05. The number of amides is 3. The van der Waals surface area contributed by atoms with Gasteiger partial charge in [0.25, 0.3) is 5.91 Å². The zero-order chi connectivity index (χ0) is 22.6. The van der Waals surface area contributed by atoms with Crippen molar-refractivity contribution in [2.24, 2.45) is 5.92 Å². The third-order valence-electron chi connectivity index (χ3n) is 3.61. The summed E-state index contributed by atoms with van der Waals surface area (Å²) in [5.41, 5.74) is 1.65. The van der Waals surface area contributed by atoms with Crippen LogP contribution in [0.2, 0.25) is 0 Å². The molecule has 1 unspecified atom stereocenters. The fraction of sp³-hybridized carbons (Fsp3) is 0.571. The molecule has 7 nitrogen and oxygen atoms in total. The molecule has 0 spiro atoms. The van der Waals surface area contributed by atoms with Crippen LogP contribution < -0.4 is 10.7 Å². The summed E-state index contributed by atoms with van der Waals surface area (Å²) in [6, 6.07) is 6.08. The Morgan fingerprint density at radius 3 is 2.03 bits per heavy atom. The van der Waals surface area contributed by atoms with E-state index < -0.39 is 29.2 Å². The van der Waals surface area contributed by atoms with Gasteiger partial charge in [-0.2, -0.15) is 0 Å². The first-order valence-corrected chi connectivity index (χ1v) is 10.6. The Morgan fingerprint density at radius 1 is 1.03 bits per heavy atom. The van der Waals surface area contributed by atoms with E-state index in [1.54, 1.807) is 39.0 Å². The third-order valence-corrected chi connectivity index (χ3v) is 4.55. The fourth-order valence-electron chi connectivity index (χ4n) is 2.57. The number of carbonyl (C=O) groups is 3. The number of hydrazine groups is 1. The highest BCUT2D eigenvalue weighted by atomic mass is 127. The highest BCUT2D eigenvalue weighted by molar-refractivity contribution is 14.1. The molecule has 1 atom stereocenters. The predicted molar refractivity (Wildman–Crippen MR) is 121 cm³/mol. The van der Waals surface area contributed by atoms with Crippen LogP contribution in [-0.4, -0.2) is 40.1 Å². The summed E-state index contributed by atoms with van der Waals surface area (Å²) in [6.07, 6.45) is -0.800. The molecule has 1 aromatic carbocycles. The van der Waals surface area contributed by atoms with Crippen LogP contribution in [0.15, 0.2) is 24.3 Å². The van der Waals surface area contributed by atoms with E-state index in [0.717, 1.165) is 5.01 Å². The first-order valence-electron chi connectivity index (χ1n) is 9.52. The van der Waals surface area contributed by atoms with Crippen molar-refractivity contribution >= 4 is 40.5 Å². The predicted octanol–water partition coefficient (Wildman–Crippen LogP) is 4.11. The molecule has 1 rings (SSSR count). The number of benzene rings is 1. The Hall–Kier alpha value is -1.84. The monoisotopic (exact) mass is 517 g/mol. The molecule has 1 aromatic rings. The van der Waals surface area contributed by atoms with Crippen molar-refractivity contribution < 1.29 is 19.1 Å². The minimum absolute atomic E-state index is 0.266. The highest BCUT2D eigenvalue weighted by Gasteiger charge is 2.37. The van der Waals surface area contributed by atoms with Gasteiger partial charge in [-0.25, -0.2) is 15.2 Å². The van der Waals surface area contributed by atoms with E-state index in [9.17, 15) is 14.4 Å². The second kappa shape index (κ2) is 9.77. The normalized spacial score (nSPS) is 12.9. The van der Waals surface area contributed by atoms with Gasteiger partial charge >= 0.3 is 6.09 Å². The molecule has 0 radical (unpaired) electrons. The van der Waals surface area contributed by atoms with E-state index in [1.165, 1.54) is 0 Å². The molecular weight excluding hydrogens is 485 g/mol. The Balaban J connectivity index is 3.36. The standard InChI is InChI=1S/C21H32IN3O4/c1-13(2)16(17(26)23-20(3,4)5)25(24-19(28)29-21(6,7)8)18(27)14-11-9-10-12-15(14)22/h9-13,16H,1-8H3,(H,23,26)(H,24,28). The third kappa shape index (κ3) is 8.20. The number of hydrogen-bond acceptors (Lipinski definition) is 4. The van der Waals surface area contributed by atoms with E-state index in [4.69, 9.17) is 4.74 Å². The molecule has 3 amide bonds. The van der Waals surface area contributed by atoms with Crippen molar-refractivity contribution in [3.63, 3.8) is 0 Å². The lowest BCUT2D eigenvalue weighted by Crippen LogP contribution is -2.61. The molecule has 0 aromatic heterocycles. The molecule has 2 N–H and O–H groups in total. The van der Waals surface area contributed by atoms with Crippen LogP contribution in [0.1, 0.15) is 65.7 Å². The highest BCUT2D eigenvalue weighted by Crippen LogP contribution is 2.19. The van der Waals surface area contributed by atoms with Gasteiger partial charge in [-0.1, -0.05) is 26.0 Å². The molecule has 0 aliphatic carbocycles. The van der Waals surface area contributed by atoms with Crippen LogP contribution in [0.4, 0.5) is 4.79 Å². The molecule has 0 bridgehead atoms. The van der Waals surface area contributed by atoms with Gasteiger partial charge < -0.3 is 10.1 Å². The van der Waals surface area contributed by atoms with E-state index in [1.807, 2.05) is 40.7 Å². The lowest BCUT2D eigenvalue weighted by molar-refractivity contribution is -0.129. The van der Waals surface area contributed by atoms with Crippen molar-refractivity contribution in [3.05, 3.63) is 33.4 Å². The molecule has 0 aliphatic rings. The van der Waals surface area contributed by atoms with Gasteiger partial charge in [-0.15, -0.1) is 0 Å². The van der Waals surface area contributed by atoms with Gasteiger partial charge in [0, 0.05) is 9.11 Å². The molecule has 29 heavy (non-hydrogen) atoms. The molecule has 162 valence electrons. The van der Waals surface area contributed by atoms with Gasteiger partial charge in [0.05, 0.1) is 5.56 Å². The number of nitrogens with zero attached hydrogens (tertiary/aromatic N) is 1. The summed E-state index contributed by atoms with van der Waals surface area (Å²) in [4.78, 5) is 38.8. The first-order chi connectivity index (χ1) is 13.1. The van der Waals surface area contributed by atoms with Crippen LogP contribution in [0.3, 0.4) is 0 Å². The van der Waals surface area contributed by atoms with E-state index in [-0.39, 0.29) is 11.8 Å². The second-order valence-corrected chi connectivity index (χ2v) is 10.4. The van der Waals surface area contributed by atoms with Crippen molar-refractivity contribution in [1.82, 2.24) is 15.8 Å². The SMILES string of the molecule is CC(C)C(C(=O)NC(C)(C)C)N(NC(=O)OC(C)(C)C)C(=O)c1ccccc1I. The second-order valence-electron chi connectivity index (χ2n) is 9.20. The van der Waals surface area contributed by atoms with Crippen LogP contribution in [0, 0.1) is 9.49 Å². The zero-order valence-electron chi connectivity index (χ0n) is 18.4. The number of ether oxygens (including phenoxy) is 1. The maximum atomic E-state index is 13.4. The number of rotatable bonds is 4. The average Bonchev–Trinajstić information content (AvgIpc) is 2.50. The van der Waals surface area contributed by atoms with Gasteiger partial charge in [-0.3, -0.25) is 9.59 Å². The smallest absolute Gasteiger partial charge is 0.426 e. The zero-order valence-corrected chi connectivity index (χ0v) is 20.6. The molecule has 0 saturated carbocycles. The maximum Gasteiger partial charge on any atom is 0.426 e. The van der Waals surface area contributed by atoms with Crippen molar-refractivity contribution in [2.75, 3.05) is 0 Å². The largest absolute Gasteiger partial charge is 0.443 e. The Kier molecular flexibility index (Phi) is 8.49. The Labute approximate surface area is 187 Å². The van der Waals surface area contributed by atoms with Gasteiger partial charge in [0.1, 0.15) is 11.6 Å². The topological polar surface area (TPSA) is 87.7 Å². The summed E-state index contributed by atoms with van der Waals surface area (Å²) in [5, 5.41) is 3.98. The summed E-state index contributed by atoms with van der Waals surface area (Å²) in [7, 11) is 0. The summed E-state index contributed by atoms with van der Waals surface area (Å²) in [6.45, 7) is 14.4. The average molecular weight is 517 g/mol. The van der Waals surface area contributed by atoms with Crippen LogP contribution in [0.5, 0.6) is 0 Å². The maximum absolute atomic E-state index is 13.4. The summed E-state index contributed by atoms with van der Waals surface area (Å²) < 4.78 is 6.03. The first kappa shape index (κ1) is 25.2. The van der Waals surface area contributed by atoms with E-state index in [0.29, 0.717) is 9.13 Å². The molecule has 0 fully saturated rings. The van der Waals surface area contributed by atoms with Crippen LogP contribution in [-0.2, 0) is 9.53 Å². The van der Waals surface area contributed by atoms with Gasteiger partial charge in [-0.05, 0) is 82.2 Å². The summed E-state index contributed by atoms with van der Waals surface area (Å²) in [5.74, 6) is -1.11. The molecule has 0 aliphatic heterocycles. The molecule has 0 saturated heterocycles. The minimum Gasteiger partial charge on any atom is -0.443 e. The molecule has 8 heteroatoms. The lowest BCUT2D eigenvalue weighted by atomic mass is 9.99. The Morgan fingerprint density at radius 2 is 1.59 bits per heavy atom. The number of hydrogen-bond donors (Lipinski definition) is 2. The van der Waals surface area contributed by atoms with Crippen molar-refractivity contribution in [3.8, 4) is 0 Å². The van der Waals surface area contributed by atoms with Crippen LogP contribution >= 0.6 is 22.6 Å². The molecule has 0 heterocycles. The van der Waals surface area contributed by atoms with E-state index >= 15 is 0 Å². The fourth-order valence-corrected chi connectivity index (χ4v) is 3.19. The van der Waals surface area contributed by atoms with E-state index in [2.05, 4.69) is 33.3 Å². The minimum atomic E-state index is -0.926. The van der Waals surface area contributed by atoms with Crippen LogP contribution in [0.25, 0.3) is 0 Å². The van der Waals surface area contributed by atoms with Gasteiger partial charge in [0.15, 0.2) is 0 Å². The number of nitrogens with one attached hydrogen (secondary N) is 2. The van der Waals surface area contributed by atoms with Gasteiger partial charge in [0.2, 0.25) is 5.91 Å². The van der Waals surface area contributed by atoms with Crippen molar-refractivity contribution in [1.29, 1.82) is 0 Å².